The third kappa shape index (κ3) is 1.78. The van der Waals surface area contributed by atoms with Crippen molar-refractivity contribution in [3.8, 4) is 0 Å². The first-order valence-corrected chi connectivity index (χ1v) is 5.01. The second-order valence-corrected chi connectivity index (χ2v) is 3.75. The van der Waals surface area contributed by atoms with Crippen molar-refractivity contribution in [2.45, 2.75) is 38.1 Å². The molecule has 0 amide bonds. The molecule has 0 saturated carbocycles. The summed E-state index contributed by atoms with van der Waals surface area (Å²) in [5.74, 6) is -0.718. The van der Waals surface area contributed by atoms with Crippen LogP contribution >= 0.6 is 0 Å². The number of carboxylic acids is 1. The fraction of sp³-hybridized carbons (Fsp3) is 0.600. The van der Waals surface area contributed by atoms with Crippen LogP contribution in [-0.2, 0) is 11.2 Å². The van der Waals surface area contributed by atoms with Crippen LogP contribution in [0.2, 0.25) is 0 Å². The number of fused-ring (bicyclic) bond motifs is 1. The molecule has 0 spiro atoms. The van der Waals surface area contributed by atoms with Gasteiger partial charge in [0.2, 0.25) is 0 Å². The predicted octanol–water partition coefficient (Wildman–Crippen LogP) is 1.63. The summed E-state index contributed by atoms with van der Waals surface area (Å²) in [6, 6.07) is 2.32. The molecule has 1 aliphatic rings. The molecular formula is C10H14N2O2. The van der Waals surface area contributed by atoms with Crippen molar-refractivity contribution >= 4 is 5.97 Å². The van der Waals surface area contributed by atoms with Crippen LogP contribution in [-0.4, -0.2) is 20.9 Å². The van der Waals surface area contributed by atoms with Crippen molar-refractivity contribution in [3.63, 3.8) is 0 Å². The highest BCUT2D eigenvalue weighted by Crippen LogP contribution is 2.27. The first kappa shape index (κ1) is 9.24. The van der Waals surface area contributed by atoms with Crippen molar-refractivity contribution in [2.24, 2.45) is 0 Å². The zero-order chi connectivity index (χ0) is 9.97. The topological polar surface area (TPSA) is 55.1 Å². The van der Waals surface area contributed by atoms with E-state index in [9.17, 15) is 4.79 Å². The minimum Gasteiger partial charge on any atom is -0.481 e. The van der Waals surface area contributed by atoms with E-state index in [1.54, 1.807) is 6.20 Å². The van der Waals surface area contributed by atoms with Crippen LogP contribution in [0.4, 0.5) is 0 Å². The first-order valence-electron chi connectivity index (χ1n) is 5.01. The van der Waals surface area contributed by atoms with Crippen molar-refractivity contribution in [1.29, 1.82) is 0 Å². The highest BCUT2D eigenvalue weighted by Gasteiger charge is 2.20. The Bertz CT molecular complexity index is 333. The molecule has 0 aromatic carbocycles. The van der Waals surface area contributed by atoms with Gasteiger partial charge in [0, 0.05) is 18.3 Å². The van der Waals surface area contributed by atoms with Gasteiger partial charge in [-0.25, -0.2) is 0 Å². The summed E-state index contributed by atoms with van der Waals surface area (Å²) in [4.78, 5) is 10.5. The Kier molecular flexibility index (Phi) is 2.52. The minimum absolute atomic E-state index is 0.240. The lowest BCUT2D eigenvalue weighted by molar-refractivity contribution is -0.137. The number of rotatable bonds is 3. The van der Waals surface area contributed by atoms with Crippen LogP contribution in [0.1, 0.15) is 37.4 Å². The van der Waals surface area contributed by atoms with E-state index in [2.05, 4.69) is 5.10 Å². The molecule has 1 N–H and O–H groups in total. The molecule has 1 atom stereocenters. The van der Waals surface area contributed by atoms with E-state index in [0.29, 0.717) is 12.5 Å². The first-order chi connectivity index (χ1) is 6.77. The third-order valence-electron chi connectivity index (χ3n) is 2.76. The third-order valence-corrected chi connectivity index (χ3v) is 2.76. The molecule has 4 nitrogen and oxygen atoms in total. The number of aromatic nitrogens is 2. The molecule has 1 unspecified atom stereocenters. The molecule has 0 fully saturated rings. The Morgan fingerprint density at radius 3 is 3.36 bits per heavy atom. The van der Waals surface area contributed by atoms with E-state index in [1.165, 1.54) is 5.69 Å². The van der Waals surface area contributed by atoms with E-state index in [-0.39, 0.29) is 6.42 Å². The maximum atomic E-state index is 10.5. The van der Waals surface area contributed by atoms with Gasteiger partial charge < -0.3 is 5.11 Å². The van der Waals surface area contributed by atoms with Gasteiger partial charge >= 0.3 is 5.97 Å². The summed E-state index contributed by atoms with van der Waals surface area (Å²) >= 11 is 0. The van der Waals surface area contributed by atoms with Crippen molar-refractivity contribution < 1.29 is 9.90 Å². The summed E-state index contributed by atoms with van der Waals surface area (Å²) in [6.45, 7) is 0. The van der Waals surface area contributed by atoms with Gasteiger partial charge in [-0.1, -0.05) is 0 Å². The van der Waals surface area contributed by atoms with Crippen molar-refractivity contribution in [1.82, 2.24) is 9.78 Å². The number of hydrogen-bond donors (Lipinski definition) is 1. The highest BCUT2D eigenvalue weighted by atomic mass is 16.4. The Morgan fingerprint density at radius 1 is 1.71 bits per heavy atom. The number of carboxylic acid groups (broad SMARTS) is 1. The molecule has 0 radical (unpaired) electrons. The normalized spacial score (nSPS) is 20.4. The summed E-state index contributed by atoms with van der Waals surface area (Å²) < 4.78 is 1.99. The van der Waals surface area contributed by atoms with E-state index in [1.807, 2.05) is 10.7 Å². The van der Waals surface area contributed by atoms with E-state index in [4.69, 9.17) is 5.11 Å². The highest BCUT2D eigenvalue weighted by molar-refractivity contribution is 5.66. The Balaban J connectivity index is 2.05. The average molecular weight is 194 g/mol. The molecule has 2 rings (SSSR count). The molecule has 4 heteroatoms. The van der Waals surface area contributed by atoms with E-state index >= 15 is 0 Å². The van der Waals surface area contributed by atoms with E-state index in [0.717, 1.165) is 19.3 Å². The zero-order valence-corrected chi connectivity index (χ0v) is 8.02. The molecule has 14 heavy (non-hydrogen) atoms. The molecular weight excluding hydrogens is 180 g/mol. The number of carbonyl (C=O) groups is 1. The quantitative estimate of drug-likeness (QED) is 0.795. The number of hydrogen-bond acceptors (Lipinski definition) is 2. The Labute approximate surface area is 82.5 Å². The average Bonchev–Trinajstić information content (AvgIpc) is 2.62. The molecule has 1 aromatic rings. The van der Waals surface area contributed by atoms with Gasteiger partial charge in [0.15, 0.2) is 0 Å². The Morgan fingerprint density at radius 2 is 2.57 bits per heavy atom. The lowest BCUT2D eigenvalue weighted by Crippen LogP contribution is -2.19. The summed E-state index contributed by atoms with van der Waals surface area (Å²) in [5.41, 5.74) is 1.24. The largest absolute Gasteiger partial charge is 0.481 e. The monoisotopic (exact) mass is 194 g/mol. The smallest absolute Gasteiger partial charge is 0.303 e. The summed E-state index contributed by atoms with van der Waals surface area (Å²) in [5, 5.41) is 12.9. The molecule has 1 aliphatic heterocycles. The molecule has 1 aromatic heterocycles. The Hall–Kier alpha value is -1.32. The zero-order valence-electron chi connectivity index (χ0n) is 8.02. The van der Waals surface area contributed by atoms with Crippen LogP contribution in [0.15, 0.2) is 12.3 Å². The molecule has 0 saturated heterocycles. The van der Waals surface area contributed by atoms with Crippen LogP contribution in [0.3, 0.4) is 0 Å². The lowest BCUT2D eigenvalue weighted by atomic mass is 9.99. The van der Waals surface area contributed by atoms with Gasteiger partial charge in [-0.15, -0.1) is 0 Å². The molecule has 0 aliphatic carbocycles. The van der Waals surface area contributed by atoms with Gasteiger partial charge in [0.05, 0.1) is 6.04 Å². The van der Waals surface area contributed by atoms with Gasteiger partial charge in [-0.05, 0) is 31.7 Å². The number of aliphatic carboxylic acids is 1. The standard InChI is InChI=1S/C10H14N2O2/c13-10(14)5-4-8-2-1-3-9-6-7-11-12(8)9/h6-8H,1-5H2,(H,13,14). The van der Waals surface area contributed by atoms with Crippen molar-refractivity contribution in [2.75, 3.05) is 0 Å². The van der Waals surface area contributed by atoms with Crippen LogP contribution in [0, 0.1) is 0 Å². The van der Waals surface area contributed by atoms with Gasteiger partial charge in [-0.2, -0.15) is 5.10 Å². The number of aryl methyl sites for hydroxylation is 1. The van der Waals surface area contributed by atoms with Gasteiger partial charge in [0.1, 0.15) is 0 Å². The molecule has 2 heterocycles. The maximum absolute atomic E-state index is 10.5. The van der Waals surface area contributed by atoms with E-state index < -0.39 is 5.97 Å². The van der Waals surface area contributed by atoms with Crippen LogP contribution in [0.5, 0.6) is 0 Å². The van der Waals surface area contributed by atoms with Crippen LogP contribution in [0.25, 0.3) is 0 Å². The van der Waals surface area contributed by atoms with Crippen molar-refractivity contribution in [3.05, 3.63) is 18.0 Å². The summed E-state index contributed by atoms with van der Waals surface area (Å²) in [6.07, 6.45) is 6.02. The fourth-order valence-electron chi connectivity index (χ4n) is 2.07. The fourth-order valence-corrected chi connectivity index (χ4v) is 2.07. The minimum atomic E-state index is -0.718. The molecule has 76 valence electrons. The second kappa shape index (κ2) is 3.82. The second-order valence-electron chi connectivity index (χ2n) is 3.75. The molecule has 0 bridgehead atoms. The number of nitrogens with zero attached hydrogens (tertiary/aromatic N) is 2. The van der Waals surface area contributed by atoms with Gasteiger partial charge in [0.25, 0.3) is 0 Å². The predicted molar refractivity (Wildman–Crippen MR) is 51.1 cm³/mol. The van der Waals surface area contributed by atoms with Crippen LogP contribution < -0.4 is 0 Å². The SMILES string of the molecule is O=C(O)CCC1CCCc2ccnn21. The lowest BCUT2D eigenvalue weighted by Gasteiger charge is -2.23. The van der Waals surface area contributed by atoms with Gasteiger partial charge in [-0.3, -0.25) is 9.48 Å². The maximum Gasteiger partial charge on any atom is 0.303 e. The summed E-state index contributed by atoms with van der Waals surface area (Å²) in [7, 11) is 0.